The molecule has 23 heavy (non-hydrogen) atoms. The van der Waals surface area contributed by atoms with E-state index in [2.05, 4.69) is 0 Å². The van der Waals surface area contributed by atoms with E-state index < -0.39 is 32.6 Å². The summed E-state index contributed by atoms with van der Waals surface area (Å²) in [7, 11) is -2.05. The summed E-state index contributed by atoms with van der Waals surface area (Å²) < 4.78 is 64.6. The Balaban J connectivity index is 2.36. The van der Waals surface area contributed by atoms with Crippen molar-refractivity contribution in [3.63, 3.8) is 0 Å². The lowest BCUT2D eigenvalue weighted by molar-refractivity contribution is 0.225. The summed E-state index contributed by atoms with van der Waals surface area (Å²) in [6.07, 6.45) is 0. The summed E-state index contributed by atoms with van der Waals surface area (Å²) in [4.78, 5) is 0. The first kappa shape index (κ1) is 17.6. The molecule has 2 aromatic carbocycles. The van der Waals surface area contributed by atoms with Gasteiger partial charge in [0.25, 0.3) is 0 Å². The Morgan fingerprint density at radius 1 is 0.826 bits per heavy atom. The topological polar surface area (TPSA) is 18.5 Å². The van der Waals surface area contributed by atoms with E-state index in [1.165, 1.54) is 12.1 Å². The number of halogens is 4. The van der Waals surface area contributed by atoms with Crippen molar-refractivity contribution in [3.05, 3.63) is 53.6 Å². The van der Waals surface area contributed by atoms with Crippen molar-refractivity contribution < 1.29 is 26.4 Å². The third-order valence-corrected chi connectivity index (χ3v) is 5.43. The second-order valence-electron chi connectivity index (χ2n) is 4.71. The third kappa shape index (κ3) is 3.80. The van der Waals surface area contributed by atoms with Gasteiger partial charge in [0.05, 0.1) is 0 Å². The monoisotopic (exact) mass is 344 g/mol. The lowest BCUT2D eigenvalue weighted by Gasteiger charge is -2.15. The standard InChI is InChI=1S/C16H16F4O2Si/c1-3-21-23(22-4-2)11-7-5-10(6-8-11)12-9-13(17)15(19)16(20)14(12)18/h5-9,23H,3-4H2,1-2H3. The average molecular weight is 344 g/mol. The van der Waals surface area contributed by atoms with Gasteiger partial charge in [-0.1, -0.05) is 24.3 Å². The molecule has 2 nitrogen and oxygen atoms in total. The Labute approximate surface area is 133 Å². The van der Waals surface area contributed by atoms with Gasteiger partial charge in [-0.25, -0.2) is 17.6 Å². The SMILES string of the molecule is CCO[SiH](OCC)c1ccc(-c2cc(F)c(F)c(F)c2F)cc1. The van der Waals surface area contributed by atoms with Gasteiger partial charge in [0.15, 0.2) is 23.3 Å². The van der Waals surface area contributed by atoms with Crippen LogP contribution in [0.25, 0.3) is 11.1 Å². The molecule has 0 fully saturated rings. The van der Waals surface area contributed by atoms with Crippen LogP contribution in [-0.4, -0.2) is 22.5 Å². The van der Waals surface area contributed by atoms with Crippen LogP contribution in [0.4, 0.5) is 17.6 Å². The van der Waals surface area contributed by atoms with E-state index in [1.807, 2.05) is 13.8 Å². The Morgan fingerprint density at radius 2 is 1.39 bits per heavy atom. The van der Waals surface area contributed by atoms with Crippen LogP contribution in [-0.2, 0) is 8.85 Å². The van der Waals surface area contributed by atoms with Crippen molar-refractivity contribution >= 4 is 14.5 Å². The van der Waals surface area contributed by atoms with E-state index in [-0.39, 0.29) is 11.1 Å². The minimum Gasteiger partial charge on any atom is -0.394 e. The van der Waals surface area contributed by atoms with Crippen LogP contribution in [0.5, 0.6) is 0 Å². The molecule has 0 bridgehead atoms. The van der Waals surface area contributed by atoms with Crippen molar-refractivity contribution in [1.82, 2.24) is 0 Å². The number of hydrogen-bond acceptors (Lipinski definition) is 2. The molecule has 0 aliphatic rings. The summed E-state index contributed by atoms with van der Waals surface area (Å²) in [5, 5.41) is 0.820. The normalized spacial score (nSPS) is 11.3. The van der Waals surface area contributed by atoms with Gasteiger partial charge in [0, 0.05) is 18.8 Å². The van der Waals surface area contributed by atoms with Crippen molar-refractivity contribution in [2.24, 2.45) is 0 Å². The molecule has 0 saturated heterocycles. The largest absolute Gasteiger partial charge is 0.394 e. The molecule has 0 aliphatic heterocycles. The van der Waals surface area contributed by atoms with Crippen LogP contribution >= 0.6 is 0 Å². The average Bonchev–Trinajstić information content (AvgIpc) is 2.56. The molecule has 2 aromatic rings. The molecule has 0 amide bonds. The van der Waals surface area contributed by atoms with Crippen LogP contribution in [0, 0.1) is 23.3 Å². The van der Waals surface area contributed by atoms with Gasteiger partial charge in [0.1, 0.15) is 0 Å². The summed E-state index contributed by atoms with van der Waals surface area (Å²) in [6.45, 7) is 4.71. The maximum Gasteiger partial charge on any atom is 0.355 e. The highest BCUT2D eigenvalue weighted by molar-refractivity contribution is 6.61. The zero-order chi connectivity index (χ0) is 17.0. The lowest BCUT2D eigenvalue weighted by Crippen LogP contribution is -2.36. The van der Waals surface area contributed by atoms with Crippen molar-refractivity contribution in [2.45, 2.75) is 13.8 Å². The van der Waals surface area contributed by atoms with Gasteiger partial charge < -0.3 is 8.85 Å². The minimum absolute atomic E-state index is 0.241. The number of rotatable bonds is 6. The lowest BCUT2D eigenvalue weighted by atomic mass is 10.0. The van der Waals surface area contributed by atoms with Crippen LogP contribution in [0.3, 0.4) is 0 Å². The molecule has 0 aliphatic carbocycles. The zero-order valence-corrected chi connectivity index (χ0v) is 13.9. The van der Waals surface area contributed by atoms with Gasteiger partial charge in [-0.2, -0.15) is 0 Å². The predicted octanol–water partition coefficient (Wildman–Crippen LogP) is 3.41. The first-order valence-electron chi connectivity index (χ1n) is 7.16. The smallest absolute Gasteiger partial charge is 0.355 e. The van der Waals surface area contributed by atoms with Gasteiger partial charge in [-0.05, 0) is 30.7 Å². The van der Waals surface area contributed by atoms with E-state index in [1.54, 1.807) is 12.1 Å². The molecule has 2 rings (SSSR count). The Bertz CT molecular complexity index is 671. The van der Waals surface area contributed by atoms with Crippen molar-refractivity contribution in [2.75, 3.05) is 13.2 Å². The van der Waals surface area contributed by atoms with Crippen LogP contribution < -0.4 is 5.19 Å². The van der Waals surface area contributed by atoms with E-state index >= 15 is 0 Å². The highest BCUT2D eigenvalue weighted by Gasteiger charge is 2.20. The maximum atomic E-state index is 13.8. The maximum absolute atomic E-state index is 13.8. The quantitative estimate of drug-likeness (QED) is 0.346. The van der Waals surface area contributed by atoms with E-state index in [9.17, 15) is 17.6 Å². The van der Waals surface area contributed by atoms with Gasteiger partial charge >= 0.3 is 9.28 Å². The van der Waals surface area contributed by atoms with Crippen molar-refractivity contribution in [1.29, 1.82) is 0 Å². The summed E-state index contributed by atoms with van der Waals surface area (Å²) in [5.74, 6) is -6.48. The second-order valence-corrected chi connectivity index (χ2v) is 6.71. The van der Waals surface area contributed by atoms with Crippen molar-refractivity contribution in [3.8, 4) is 11.1 Å². The molecule has 0 radical (unpaired) electrons. The summed E-state index contributed by atoms with van der Waals surface area (Å²) in [6, 6.07) is 6.97. The fourth-order valence-electron chi connectivity index (χ4n) is 2.15. The van der Waals surface area contributed by atoms with E-state index in [0.29, 0.717) is 19.3 Å². The molecule has 0 unspecified atom stereocenters. The van der Waals surface area contributed by atoms with E-state index in [0.717, 1.165) is 5.19 Å². The molecule has 0 N–H and O–H groups in total. The first-order chi connectivity index (χ1) is 11.0. The molecular weight excluding hydrogens is 328 g/mol. The molecule has 0 atom stereocenters. The van der Waals surface area contributed by atoms with Crippen LogP contribution in [0.1, 0.15) is 13.8 Å². The molecule has 0 aromatic heterocycles. The third-order valence-electron chi connectivity index (χ3n) is 3.23. The second kappa shape index (κ2) is 7.72. The minimum atomic E-state index is -2.05. The first-order valence-corrected chi connectivity index (χ1v) is 8.68. The highest BCUT2D eigenvalue weighted by atomic mass is 28.3. The number of hydrogen-bond donors (Lipinski definition) is 0. The molecule has 124 valence electrons. The molecule has 0 heterocycles. The van der Waals surface area contributed by atoms with Crippen LogP contribution in [0.15, 0.2) is 30.3 Å². The predicted molar refractivity (Wildman–Crippen MR) is 81.7 cm³/mol. The number of benzene rings is 2. The van der Waals surface area contributed by atoms with E-state index in [4.69, 9.17) is 8.85 Å². The molecular formula is C16H16F4O2Si. The van der Waals surface area contributed by atoms with Gasteiger partial charge in [-0.3, -0.25) is 0 Å². The molecule has 0 spiro atoms. The zero-order valence-electron chi connectivity index (χ0n) is 12.7. The van der Waals surface area contributed by atoms with Crippen LogP contribution in [0.2, 0.25) is 0 Å². The molecule has 7 heteroatoms. The fraction of sp³-hybridized carbons (Fsp3) is 0.250. The highest BCUT2D eigenvalue weighted by Crippen LogP contribution is 2.27. The summed E-state index contributed by atoms with van der Waals surface area (Å²) >= 11 is 0. The van der Waals surface area contributed by atoms with Gasteiger partial charge in [-0.15, -0.1) is 0 Å². The summed E-state index contributed by atoms with van der Waals surface area (Å²) in [5.41, 5.74) is -0.0937. The Morgan fingerprint density at radius 3 is 1.91 bits per heavy atom. The Hall–Kier alpha value is -1.70. The van der Waals surface area contributed by atoms with Gasteiger partial charge in [0.2, 0.25) is 0 Å². The molecule has 0 saturated carbocycles. The fourth-order valence-corrected chi connectivity index (χ4v) is 3.74. The Kier molecular flexibility index (Phi) is 5.92.